The monoisotopic (exact) mass is 223 g/mol. The molecule has 0 heterocycles. The quantitative estimate of drug-likeness (QED) is 0.526. The van der Waals surface area contributed by atoms with Crippen molar-refractivity contribution in [1.82, 2.24) is 5.32 Å². The normalized spacial score (nSPS) is 14.5. The van der Waals surface area contributed by atoms with Crippen LogP contribution in [0.3, 0.4) is 0 Å². The summed E-state index contributed by atoms with van der Waals surface area (Å²) in [6, 6.07) is 0. The van der Waals surface area contributed by atoms with Crippen LogP contribution >= 0.6 is 23.4 Å². The smallest absolute Gasteiger partial charge is 0.0484 e. The van der Waals surface area contributed by atoms with Crippen LogP contribution in [0.5, 0.6) is 0 Å². The Morgan fingerprint density at radius 3 is 2.54 bits per heavy atom. The van der Waals surface area contributed by atoms with Crippen LogP contribution in [-0.4, -0.2) is 29.0 Å². The summed E-state index contributed by atoms with van der Waals surface area (Å²) in [5.41, 5.74) is 0.0540. The Hall–Kier alpha value is 0.600. The highest BCUT2D eigenvalue weighted by molar-refractivity contribution is 7.99. The van der Waals surface area contributed by atoms with Gasteiger partial charge in [-0.1, -0.05) is 6.92 Å². The standard InChI is InChI=1S/C10H22ClNS/c1-5-13-8-6-7-12-10(3,4)9(2)11/h9,12H,5-8H2,1-4H3. The van der Waals surface area contributed by atoms with E-state index in [-0.39, 0.29) is 10.9 Å². The van der Waals surface area contributed by atoms with Crippen LogP contribution in [0, 0.1) is 0 Å². The van der Waals surface area contributed by atoms with Crippen LogP contribution in [0.1, 0.15) is 34.1 Å². The second kappa shape index (κ2) is 6.97. The Kier molecular flexibility index (Phi) is 7.29. The summed E-state index contributed by atoms with van der Waals surface area (Å²) >= 11 is 8.04. The van der Waals surface area contributed by atoms with Crippen LogP contribution in [0.4, 0.5) is 0 Å². The lowest BCUT2D eigenvalue weighted by Crippen LogP contribution is -2.46. The van der Waals surface area contributed by atoms with Gasteiger partial charge in [-0.25, -0.2) is 0 Å². The number of halogens is 1. The summed E-state index contributed by atoms with van der Waals surface area (Å²) in [5, 5.41) is 3.64. The van der Waals surface area contributed by atoms with E-state index in [1.165, 1.54) is 17.9 Å². The van der Waals surface area contributed by atoms with Crippen molar-refractivity contribution in [1.29, 1.82) is 0 Å². The van der Waals surface area contributed by atoms with Gasteiger partial charge in [0.1, 0.15) is 0 Å². The van der Waals surface area contributed by atoms with Gasteiger partial charge >= 0.3 is 0 Å². The largest absolute Gasteiger partial charge is 0.310 e. The van der Waals surface area contributed by atoms with E-state index in [4.69, 9.17) is 11.6 Å². The molecule has 0 fully saturated rings. The summed E-state index contributed by atoms with van der Waals surface area (Å²) in [7, 11) is 0. The van der Waals surface area contributed by atoms with E-state index in [1.54, 1.807) is 0 Å². The highest BCUT2D eigenvalue weighted by atomic mass is 35.5. The van der Waals surface area contributed by atoms with Gasteiger partial charge in [-0.15, -0.1) is 11.6 Å². The number of thioether (sulfide) groups is 1. The molecule has 0 aliphatic rings. The van der Waals surface area contributed by atoms with E-state index in [2.05, 4.69) is 26.1 Å². The molecule has 0 aromatic heterocycles. The van der Waals surface area contributed by atoms with Gasteiger partial charge < -0.3 is 5.32 Å². The van der Waals surface area contributed by atoms with Gasteiger partial charge in [-0.05, 0) is 45.2 Å². The van der Waals surface area contributed by atoms with Crippen molar-refractivity contribution in [3.8, 4) is 0 Å². The molecule has 1 atom stereocenters. The maximum absolute atomic E-state index is 6.04. The van der Waals surface area contributed by atoms with Gasteiger partial charge in [0.25, 0.3) is 0 Å². The first-order valence-corrected chi connectivity index (χ1v) is 6.56. The topological polar surface area (TPSA) is 12.0 Å². The SMILES string of the molecule is CCSCCCNC(C)(C)C(C)Cl. The lowest BCUT2D eigenvalue weighted by atomic mass is 10.0. The molecule has 0 spiro atoms. The third-order valence-electron chi connectivity index (χ3n) is 2.24. The molecule has 13 heavy (non-hydrogen) atoms. The summed E-state index contributed by atoms with van der Waals surface area (Å²) in [5.74, 6) is 2.46. The maximum atomic E-state index is 6.04. The molecule has 0 radical (unpaired) electrons. The summed E-state index contributed by atoms with van der Waals surface area (Å²) in [6.45, 7) is 9.60. The molecule has 0 aromatic rings. The van der Waals surface area contributed by atoms with E-state index < -0.39 is 0 Å². The van der Waals surface area contributed by atoms with E-state index >= 15 is 0 Å². The Labute approximate surface area is 92.0 Å². The minimum Gasteiger partial charge on any atom is -0.310 e. The van der Waals surface area contributed by atoms with Gasteiger partial charge in [0.2, 0.25) is 0 Å². The number of nitrogens with one attached hydrogen (secondary N) is 1. The lowest BCUT2D eigenvalue weighted by molar-refractivity contribution is 0.384. The van der Waals surface area contributed by atoms with Crippen molar-refractivity contribution in [3.63, 3.8) is 0 Å². The number of hydrogen-bond donors (Lipinski definition) is 1. The molecule has 1 nitrogen and oxygen atoms in total. The molecule has 80 valence electrons. The molecule has 0 saturated carbocycles. The maximum Gasteiger partial charge on any atom is 0.0484 e. The molecule has 0 rings (SSSR count). The van der Waals surface area contributed by atoms with Crippen LogP contribution in [-0.2, 0) is 0 Å². The fourth-order valence-corrected chi connectivity index (χ4v) is 1.58. The lowest BCUT2D eigenvalue weighted by Gasteiger charge is -2.29. The van der Waals surface area contributed by atoms with E-state index in [0.29, 0.717) is 0 Å². The Morgan fingerprint density at radius 2 is 2.08 bits per heavy atom. The van der Waals surface area contributed by atoms with E-state index in [9.17, 15) is 0 Å². The molecular weight excluding hydrogens is 202 g/mol. The predicted octanol–water partition coefficient (Wildman–Crippen LogP) is 3.13. The highest BCUT2D eigenvalue weighted by Gasteiger charge is 2.22. The minimum absolute atomic E-state index is 0.0540. The molecule has 0 aliphatic carbocycles. The van der Waals surface area contributed by atoms with Crippen LogP contribution in [0.2, 0.25) is 0 Å². The van der Waals surface area contributed by atoms with Gasteiger partial charge in [-0.2, -0.15) is 11.8 Å². The Morgan fingerprint density at radius 1 is 1.46 bits per heavy atom. The first-order chi connectivity index (χ1) is 6.00. The average molecular weight is 224 g/mol. The predicted molar refractivity (Wildman–Crippen MR) is 65.0 cm³/mol. The van der Waals surface area contributed by atoms with Crippen molar-refractivity contribution < 1.29 is 0 Å². The Bertz CT molecular complexity index is 126. The molecule has 3 heteroatoms. The second-order valence-electron chi connectivity index (χ2n) is 3.81. The van der Waals surface area contributed by atoms with Crippen molar-refractivity contribution in [3.05, 3.63) is 0 Å². The summed E-state index contributed by atoms with van der Waals surface area (Å²) in [6.07, 6.45) is 1.23. The fourth-order valence-electron chi connectivity index (χ4n) is 0.870. The van der Waals surface area contributed by atoms with Crippen LogP contribution in [0.25, 0.3) is 0 Å². The van der Waals surface area contributed by atoms with Crippen molar-refractivity contribution in [2.24, 2.45) is 0 Å². The zero-order chi connectivity index (χ0) is 10.3. The molecule has 1 N–H and O–H groups in total. The fraction of sp³-hybridized carbons (Fsp3) is 1.00. The van der Waals surface area contributed by atoms with Crippen molar-refractivity contribution in [2.45, 2.75) is 45.0 Å². The molecular formula is C10H22ClNS. The minimum atomic E-state index is 0.0540. The van der Waals surface area contributed by atoms with Crippen molar-refractivity contribution in [2.75, 3.05) is 18.1 Å². The average Bonchev–Trinajstić information content (AvgIpc) is 2.03. The highest BCUT2D eigenvalue weighted by Crippen LogP contribution is 2.14. The molecule has 1 unspecified atom stereocenters. The third kappa shape index (κ3) is 6.64. The molecule has 0 amide bonds. The first kappa shape index (κ1) is 13.6. The molecule has 0 bridgehead atoms. The first-order valence-electron chi connectivity index (χ1n) is 4.97. The summed E-state index contributed by atoms with van der Waals surface area (Å²) in [4.78, 5) is 0. The number of rotatable bonds is 7. The summed E-state index contributed by atoms with van der Waals surface area (Å²) < 4.78 is 0. The van der Waals surface area contributed by atoms with E-state index in [1.807, 2.05) is 18.7 Å². The zero-order valence-corrected chi connectivity index (χ0v) is 10.8. The van der Waals surface area contributed by atoms with Crippen LogP contribution < -0.4 is 5.32 Å². The molecule has 0 aliphatic heterocycles. The Balaban J connectivity index is 3.41. The zero-order valence-electron chi connectivity index (χ0n) is 9.19. The number of alkyl halides is 1. The van der Waals surface area contributed by atoms with Crippen LogP contribution in [0.15, 0.2) is 0 Å². The van der Waals surface area contributed by atoms with Gasteiger partial charge in [0.05, 0.1) is 0 Å². The number of hydrogen-bond acceptors (Lipinski definition) is 2. The second-order valence-corrected chi connectivity index (χ2v) is 5.86. The molecule has 0 aromatic carbocycles. The van der Waals surface area contributed by atoms with E-state index in [0.717, 1.165) is 6.54 Å². The molecule has 0 saturated heterocycles. The van der Waals surface area contributed by atoms with Gasteiger partial charge in [0, 0.05) is 10.9 Å². The van der Waals surface area contributed by atoms with Gasteiger partial charge in [-0.3, -0.25) is 0 Å². The van der Waals surface area contributed by atoms with Gasteiger partial charge in [0.15, 0.2) is 0 Å². The van der Waals surface area contributed by atoms with Crippen molar-refractivity contribution >= 4 is 23.4 Å². The third-order valence-corrected chi connectivity index (χ3v) is 3.78.